The molecule has 0 saturated heterocycles. The lowest BCUT2D eigenvalue weighted by Gasteiger charge is -2.04. The molecular weight excluding hydrogens is 176 g/mol. The molecule has 3 N–H and O–H groups in total. The van der Waals surface area contributed by atoms with E-state index in [0.29, 0.717) is 11.1 Å². The van der Waals surface area contributed by atoms with Crippen LogP contribution < -0.4 is 11.3 Å². The minimum atomic E-state index is -0.115. The molecule has 0 unspecified atom stereocenters. The molecule has 0 spiro atoms. The molecule has 0 aliphatic rings. The quantitative estimate of drug-likeness (QED) is 0.669. The normalized spacial score (nSPS) is 10.6. The number of hydrogen-bond donors (Lipinski definition) is 2. The average Bonchev–Trinajstić information content (AvgIpc) is 2.18. The van der Waals surface area contributed by atoms with Crippen molar-refractivity contribution in [2.45, 2.75) is 13.3 Å². The molecule has 72 valence electrons. The van der Waals surface area contributed by atoms with Crippen LogP contribution in [0.1, 0.15) is 12.5 Å². The average molecular weight is 188 g/mol. The van der Waals surface area contributed by atoms with Gasteiger partial charge in [-0.15, -0.1) is 0 Å². The van der Waals surface area contributed by atoms with Crippen molar-refractivity contribution in [1.82, 2.24) is 4.98 Å². The minimum Gasteiger partial charge on any atom is -0.398 e. The molecule has 2 aromatic rings. The van der Waals surface area contributed by atoms with E-state index in [4.69, 9.17) is 5.73 Å². The van der Waals surface area contributed by atoms with Gasteiger partial charge < -0.3 is 10.7 Å². The highest BCUT2D eigenvalue weighted by Gasteiger charge is 2.05. The first-order valence-electron chi connectivity index (χ1n) is 4.62. The second-order valence-electron chi connectivity index (χ2n) is 3.27. The van der Waals surface area contributed by atoms with Crippen molar-refractivity contribution in [3.05, 3.63) is 40.3 Å². The number of nitrogens with one attached hydrogen (secondary N) is 1. The lowest BCUT2D eigenvalue weighted by molar-refractivity contribution is 1.11. The summed E-state index contributed by atoms with van der Waals surface area (Å²) >= 11 is 0. The maximum atomic E-state index is 11.5. The number of H-pyrrole nitrogens is 1. The Morgan fingerprint density at radius 3 is 2.93 bits per heavy atom. The molecule has 0 saturated carbocycles. The zero-order valence-electron chi connectivity index (χ0n) is 8.00. The fourth-order valence-electron chi connectivity index (χ4n) is 1.69. The van der Waals surface area contributed by atoms with Crippen molar-refractivity contribution >= 4 is 16.5 Å². The Hall–Kier alpha value is -1.77. The number of benzene rings is 1. The Balaban J connectivity index is 2.99. The molecule has 3 heteroatoms. The van der Waals surface area contributed by atoms with Crippen LogP contribution in [-0.2, 0) is 6.42 Å². The van der Waals surface area contributed by atoms with E-state index in [1.165, 1.54) is 0 Å². The predicted octanol–water partition coefficient (Wildman–Crippen LogP) is 1.67. The van der Waals surface area contributed by atoms with Gasteiger partial charge >= 0.3 is 0 Å². The van der Waals surface area contributed by atoms with Gasteiger partial charge in [-0.2, -0.15) is 0 Å². The van der Waals surface area contributed by atoms with Crippen LogP contribution in [0.5, 0.6) is 0 Å². The number of pyridine rings is 1. The van der Waals surface area contributed by atoms with Crippen LogP contribution in [0.2, 0.25) is 0 Å². The molecule has 0 fully saturated rings. The molecule has 0 aliphatic heterocycles. The molecule has 0 radical (unpaired) electrons. The van der Waals surface area contributed by atoms with Gasteiger partial charge in [-0.25, -0.2) is 0 Å². The highest BCUT2D eigenvalue weighted by molar-refractivity contribution is 5.93. The summed E-state index contributed by atoms with van der Waals surface area (Å²) in [5.74, 6) is 0. The second kappa shape index (κ2) is 3.18. The van der Waals surface area contributed by atoms with Gasteiger partial charge in [0.1, 0.15) is 0 Å². The fourth-order valence-corrected chi connectivity index (χ4v) is 1.69. The number of aromatic nitrogens is 1. The van der Waals surface area contributed by atoms with Crippen molar-refractivity contribution in [3.8, 4) is 0 Å². The summed E-state index contributed by atoms with van der Waals surface area (Å²) in [6.07, 6.45) is 2.64. The standard InChI is InChI=1S/C11H12N2O/c1-2-7-6-13-11(14)10-8(7)4-3-5-9(10)12/h3-6H,2,12H2,1H3,(H,13,14). The Morgan fingerprint density at radius 2 is 2.21 bits per heavy atom. The maximum Gasteiger partial charge on any atom is 0.257 e. The Morgan fingerprint density at radius 1 is 1.43 bits per heavy atom. The summed E-state index contributed by atoms with van der Waals surface area (Å²) in [6, 6.07) is 5.55. The number of fused-ring (bicyclic) bond motifs is 1. The summed E-state index contributed by atoms with van der Waals surface area (Å²) in [5, 5.41) is 1.56. The lowest BCUT2D eigenvalue weighted by atomic mass is 10.0. The zero-order valence-corrected chi connectivity index (χ0v) is 8.00. The van der Waals surface area contributed by atoms with E-state index in [1.807, 2.05) is 12.1 Å². The molecule has 0 bridgehead atoms. The lowest BCUT2D eigenvalue weighted by Crippen LogP contribution is -2.09. The van der Waals surface area contributed by atoms with Gasteiger partial charge in [0.05, 0.1) is 5.39 Å². The first-order chi connectivity index (χ1) is 6.74. The first-order valence-corrected chi connectivity index (χ1v) is 4.62. The Bertz CT molecular complexity index is 528. The van der Waals surface area contributed by atoms with Gasteiger partial charge in [-0.05, 0) is 23.4 Å². The molecule has 0 aliphatic carbocycles. The van der Waals surface area contributed by atoms with E-state index in [0.717, 1.165) is 17.4 Å². The Labute approximate surface area is 81.6 Å². The molecule has 3 nitrogen and oxygen atoms in total. The van der Waals surface area contributed by atoms with Crippen LogP contribution in [0, 0.1) is 0 Å². The van der Waals surface area contributed by atoms with Gasteiger partial charge in [-0.3, -0.25) is 4.79 Å². The highest BCUT2D eigenvalue weighted by atomic mass is 16.1. The number of nitrogens with two attached hydrogens (primary N) is 1. The van der Waals surface area contributed by atoms with E-state index in [2.05, 4.69) is 11.9 Å². The molecule has 0 atom stereocenters. The van der Waals surface area contributed by atoms with Crippen LogP contribution in [0.4, 0.5) is 5.69 Å². The summed E-state index contributed by atoms with van der Waals surface area (Å²) in [7, 11) is 0. The number of nitrogen functional groups attached to an aromatic ring is 1. The molecule has 1 aromatic carbocycles. The van der Waals surface area contributed by atoms with Gasteiger partial charge in [-0.1, -0.05) is 19.1 Å². The minimum absolute atomic E-state index is 0.115. The predicted molar refractivity (Wildman–Crippen MR) is 58.4 cm³/mol. The first kappa shape index (κ1) is 8.81. The number of rotatable bonds is 1. The van der Waals surface area contributed by atoms with E-state index in [9.17, 15) is 4.79 Å². The van der Waals surface area contributed by atoms with Crippen molar-refractivity contribution in [2.75, 3.05) is 5.73 Å². The fraction of sp³-hybridized carbons (Fsp3) is 0.182. The molecule has 2 rings (SSSR count). The Kier molecular flexibility index (Phi) is 2.00. The molecule has 1 aromatic heterocycles. The van der Waals surface area contributed by atoms with E-state index in [-0.39, 0.29) is 5.56 Å². The van der Waals surface area contributed by atoms with E-state index in [1.54, 1.807) is 12.3 Å². The van der Waals surface area contributed by atoms with Crippen LogP contribution in [0.15, 0.2) is 29.2 Å². The monoisotopic (exact) mass is 188 g/mol. The van der Waals surface area contributed by atoms with Crippen molar-refractivity contribution < 1.29 is 0 Å². The third kappa shape index (κ3) is 1.18. The molecule has 1 heterocycles. The summed E-state index contributed by atoms with van der Waals surface area (Å²) < 4.78 is 0. The summed E-state index contributed by atoms with van der Waals surface area (Å²) in [4.78, 5) is 14.2. The molecular formula is C11H12N2O. The van der Waals surface area contributed by atoms with Gasteiger partial charge in [0, 0.05) is 11.9 Å². The van der Waals surface area contributed by atoms with Crippen molar-refractivity contribution in [2.24, 2.45) is 0 Å². The SMILES string of the molecule is CCc1c[nH]c(=O)c2c(N)cccc12. The number of aromatic amines is 1. The number of anilines is 1. The largest absolute Gasteiger partial charge is 0.398 e. The van der Waals surface area contributed by atoms with Crippen LogP contribution in [0.3, 0.4) is 0 Å². The van der Waals surface area contributed by atoms with Gasteiger partial charge in [0.2, 0.25) is 0 Å². The van der Waals surface area contributed by atoms with Gasteiger partial charge in [0.25, 0.3) is 5.56 Å². The van der Waals surface area contributed by atoms with Crippen LogP contribution in [0.25, 0.3) is 10.8 Å². The second-order valence-corrected chi connectivity index (χ2v) is 3.27. The third-order valence-electron chi connectivity index (χ3n) is 2.43. The van der Waals surface area contributed by atoms with Crippen molar-refractivity contribution in [3.63, 3.8) is 0 Å². The smallest absolute Gasteiger partial charge is 0.257 e. The summed E-state index contributed by atoms with van der Waals surface area (Å²) in [5.41, 5.74) is 7.30. The third-order valence-corrected chi connectivity index (χ3v) is 2.43. The topological polar surface area (TPSA) is 58.9 Å². The number of hydrogen-bond acceptors (Lipinski definition) is 2. The van der Waals surface area contributed by atoms with E-state index < -0.39 is 0 Å². The molecule has 14 heavy (non-hydrogen) atoms. The van der Waals surface area contributed by atoms with Crippen LogP contribution in [-0.4, -0.2) is 4.98 Å². The summed E-state index contributed by atoms with van der Waals surface area (Å²) in [6.45, 7) is 2.05. The zero-order chi connectivity index (χ0) is 10.1. The maximum absolute atomic E-state index is 11.5. The van der Waals surface area contributed by atoms with Crippen LogP contribution >= 0.6 is 0 Å². The van der Waals surface area contributed by atoms with Gasteiger partial charge in [0.15, 0.2) is 0 Å². The number of aryl methyl sites for hydroxylation is 1. The van der Waals surface area contributed by atoms with E-state index >= 15 is 0 Å². The van der Waals surface area contributed by atoms with Crippen molar-refractivity contribution in [1.29, 1.82) is 0 Å². The molecule has 0 amide bonds. The highest BCUT2D eigenvalue weighted by Crippen LogP contribution is 2.19.